The van der Waals surface area contributed by atoms with Crippen LogP contribution in [0, 0.1) is 5.92 Å². The standard InChI is InChI=1S/C15H22BrNO2/c1-2-7-19-15-6-5-13(16)8-12(15)9-17-10-14(18)11-3-4-11/h5-6,8,11,14,17-18H,2-4,7,9-10H2,1H3. The Morgan fingerprint density at radius 2 is 2.26 bits per heavy atom. The second-order valence-corrected chi connectivity index (χ2v) is 6.05. The first-order valence-corrected chi connectivity index (χ1v) is 7.80. The summed E-state index contributed by atoms with van der Waals surface area (Å²) in [7, 11) is 0. The van der Waals surface area contributed by atoms with E-state index in [0.717, 1.165) is 35.4 Å². The number of aliphatic hydroxyl groups is 1. The first kappa shape index (κ1) is 14.8. The van der Waals surface area contributed by atoms with E-state index in [1.807, 2.05) is 12.1 Å². The number of benzene rings is 1. The highest BCUT2D eigenvalue weighted by molar-refractivity contribution is 9.10. The van der Waals surface area contributed by atoms with Gasteiger partial charge in [-0.05, 0) is 43.4 Å². The first-order valence-electron chi connectivity index (χ1n) is 7.00. The second kappa shape index (κ2) is 7.27. The minimum Gasteiger partial charge on any atom is -0.493 e. The van der Waals surface area contributed by atoms with Gasteiger partial charge >= 0.3 is 0 Å². The maximum absolute atomic E-state index is 9.83. The van der Waals surface area contributed by atoms with Crippen molar-refractivity contribution in [3.63, 3.8) is 0 Å². The van der Waals surface area contributed by atoms with E-state index < -0.39 is 0 Å². The van der Waals surface area contributed by atoms with Crippen LogP contribution in [-0.2, 0) is 6.54 Å². The number of nitrogens with one attached hydrogen (secondary N) is 1. The molecule has 1 unspecified atom stereocenters. The molecule has 0 bridgehead atoms. The SMILES string of the molecule is CCCOc1ccc(Br)cc1CNCC(O)C1CC1. The van der Waals surface area contributed by atoms with Gasteiger partial charge in [0.15, 0.2) is 0 Å². The van der Waals surface area contributed by atoms with Crippen LogP contribution in [0.1, 0.15) is 31.7 Å². The van der Waals surface area contributed by atoms with Crippen molar-refractivity contribution in [3.8, 4) is 5.75 Å². The van der Waals surface area contributed by atoms with Crippen LogP contribution in [0.15, 0.2) is 22.7 Å². The Bertz CT molecular complexity index is 407. The van der Waals surface area contributed by atoms with Crippen LogP contribution in [0.25, 0.3) is 0 Å². The van der Waals surface area contributed by atoms with Crippen LogP contribution in [0.2, 0.25) is 0 Å². The van der Waals surface area contributed by atoms with Crippen LogP contribution in [-0.4, -0.2) is 24.4 Å². The molecule has 2 N–H and O–H groups in total. The van der Waals surface area contributed by atoms with E-state index in [0.29, 0.717) is 12.5 Å². The van der Waals surface area contributed by atoms with Gasteiger partial charge in [-0.3, -0.25) is 0 Å². The fourth-order valence-corrected chi connectivity index (χ4v) is 2.45. The molecule has 1 atom stereocenters. The van der Waals surface area contributed by atoms with Crippen LogP contribution in [0.3, 0.4) is 0 Å². The van der Waals surface area contributed by atoms with E-state index in [2.05, 4.69) is 34.2 Å². The van der Waals surface area contributed by atoms with Crippen molar-refractivity contribution in [3.05, 3.63) is 28.2 Å². The molecule has 0 amide bonds. The molecule has 19 heavy (non-hydrogen) atoms. The zero-order valence-electron chi connectivity index (χ0n) is 11.4. The summed E-state index contributed by atoms with van der Waals surface area (Å²) in [5.74, 6) is 1.45. The molecule has 1 aromatic rings. The predicted molar refractivity (Wildman–Crippen MR) is 80.4 cm³/mol. The largest absolute Gasteiger partial charge is 0.493 e. The number of hydrogen-bond donors (Lipinski definition) is 2. The molecule has 0 aliphatic heterocycles. The Hall–Kier alpha value is -0.580. The molecular weight excluding hydrogens is 306 g/mol. The van der Waals surface area contributed by atoms with Gasteiger partial charge in [-0.2, -0.15) is 0 Å². The number of halogens is 1. The van der Waals surface area contributed by atoms with Crippen molar-refractivity contribution < 1.29 is 9.84 Å². The molecule has 0 spiro atoms. The third kappa shape index (κ3) is 4.79. The van der Waals surface area contributed by atoms with E-state index in [9.17, 15) is 5.11 Å². The molecule has 0 aromatic heterocycles. The quantitative estimate of drug-likeness (QED) is 0.770. The van der Waals surface area contributed by atoms with Gasteiger partial charge in [-0.15, -0.1) is 0 Å². The molecule has 1 fully saturated rings. The van der Waals surface area contributed by atoms with Gasteiger partial charge in [0.2, 0.25) is 0 Å². The van der Waals surface area contributed by atoms with E-state index in [1.54, 1.807) is 0 Å². The fourth-order valence-electron chi connectivity index (χ4n) is 2.04. The maximum atomic E-state index is 9.83. The zero-order chi connectivity index (χ0) is 13.7. The van der Waals surface area contributed by atoms with Crippen LogP contribution >= 0.6 is 15.9 Å². The highest BCUT2D eigenvalue weighted by atomic mass is 79.9. The van der Waals surface area contributed by atoms with E-state index >= 15 is 0 Å². The smallest absolute Gasteiger partial charge is 0.123 e. The Morgan fingerprint density at radius 1 is 1.47 bits per heavy atom. The van der Waals surface area contributed by atoms with Gasteiger partial charge in [0, 0.05) is 23.1 Å². The second-order valence-electron chi connectivity index (χ2n) is 5.14. The lowest BCUT2D eigenvalue weighted by atomic mass is 10.2. The van der Waals surface area contributed by atoms with Gasteiger partial charge in [-0.25, -0.2) is 0 Å². The summed E-state index contributed by atoms with van der Waals surface area (Å²) >= 11 is 3.49. The molecule has 1 aromatic carbocycles. The molecule has 1 saturated carbocycles. The average molecular weight is 328 g/mol. The van der Waals surface area contributed by atoms with Gasteiger partial charge in [0.05, 0.1) is 12.7 Å². The minimum atomic E-state index is -0.202. The number of hydrogen-bond acceptors (Lipinski definition) is 3. The topological polar surface area (TPSA) is 41.5 Å². The van der Waals surface area contributed by atoms with E-state index in [1.165, 1.54) is 12.8 Å². The van der Waals surface area contributed by atoms with E-state index in [-0.39, 0.29) is 6.10 Å². The highest BCUT2D eigenvalue weighted by Gasteiger charge is 2.29. The van der Waals surface area contributed by atoms with Crippen molar-refractivity contribution >= 4 is 15.9 Å². The zero-order valence-corrected chi connectivity index (χ0v) is 12.9. The Labute approximate surface area is 123 Å². The third-order valence-electron chi connectivity index (χ3n) is 3.32. The normalized spacial score (nSPS) is 16.4. The number of aliphatic hydroxyl groups excluding tert-OH is 1. The molecule has 1 aliphatic carbocycles. The molecule has 4 heteroatoms. The molecule has 106 valence electrons. The van der Waals surface area contributed by atoms with Crippen molar-refractivity contribution in [2.75, 3.05) is 13.2 Å². The van der Waals surface area contributed by atoms with Gasteiger partial charge in [0.25, 0.3) is 0 Å². The molecular formula is C15H22BrNO2. The van der Waals surface area contributed by atoms with Crippen molar-refractivity contribution in [2.45, 2.75) is 38.8 Å². The Morgan fingerprint density at radius 3 is 2.95 bits per heavy atom. The van der Waals surface area contributed by atoms with Crippen LogP contribution < -0.4 is 10.1 Å². The summed E-state index contributed by atoms with van der Waals surface area (Å²) in [6.45, 7) is 4.22. The number of rotatable bonds is 8. The lowest BCUT2D eigenvalue weighted by Crippen LogP contribution is -2.28. The fraction of sp³-hybridized carbons (Fsp3) is 0.600. The third-order valence-corrected chi connectivity index (χ3v) is 3.81. The lowest BCUT2D eigenvalue weighted by Gasteiger charge is -2.14. The van der Waals surface area contributed by atoms with Crippen LogP contribution in [0.5, 0.6) is 5.75 Å². The summed E-state index contributed by atoms with van der Waals surface area (Å²) in [5, 5.41) is 13.1. The Kier molecular flexibility index (Phi) is 5.67. The summed E-state index contributed by atoms with van der Waals surface area (Å²) in [6, 6.07) is 6.06. The summed E-state index contributed by atoms with van der Waals surface area (Å²) in [4.78, 5) is 0. The summed E-state index contributed by atoms with van der Waals surface area (Å²) in [5.41, 5.74) is 1.13. The van der Waals surface area contributed by atoms with Crippen molar-refractivity contribution in [2.24, 2.45) is 5.92 Å². The number of ether oxygens (including phenoxy) is 1. The van der Waals surface area contributed by atoms with Gasteiger partial charge < -0.3 is 15.2 Å². The average Bonchev–Trinajstić information content (AvgIpc) is 3.22. The molecule has 0 radical (unpaired) electrons. The minimum absolute atomic E-state index is 0.202. The summed E-state index contributed by atoms with van der Waals surface area (Å²) in [6.07, 6.45) is 3.14. The van der Waals surface area contributed by atoms with Crippen molar-refractivity contribution in [1.82, 2.24) is 5.32 Å². The van der Waals surface area contributed by atoms with Gasteiger partial charge in [-0.1, -0.05) is 22.9 Å². The molecule has 1 aliphatic rings. The van der Waals surface area contributed by atoms with E-state index in [4.69, 9.17) is 4.74 Å². The molecule has 0 heterocycles. The summed E-state index contributed by atoms with van der Waals surface area (Å²) < 4.78 is 6.79. The predicted octanol–water partition coefficient (Wildman–Crippen LogP) is 3.10. The lowest BCUT2D eigenvalue weighted by molar-refractivity contribution is 0.148. The molecule has 2 rings (SSSR count). The molecule has 0 saturated heterocycles. The highest BCUT2D eigenvalue weighted by Crippen LogP contribution is 2.32. The Balaban J connectivity index is 1.87. The first-order chi connectivity index (χ1) is 9.20. The molecule has 3 nitrogen and oxygen atoms in total. The monoisotopic (exact) mass is 327 g/mol. The van der Waals surface area contributed by atoms with Crippen molar-refractivity contribution in [1.29, 1.82) is 0 Å². The maximum Gasteiger partial charge on any atom is 0.123 e. The van der Waals surface area contributed by atoms with Crippen LogP contribution in [0.4, 0.5) is 0 Å². The van der Waals surface area contributed by atoms with Gasteiger partial charge in [0.1, 0.15) is 5.75 Å².